The maximum atomic E-state index is 11.9. The summed E-state index contributed by atoms with van der Waals surface area (Å²) in [6.07, 6.45) is 2.53. The van der Waals surface area contributed by atoms with Crippen molar-refractivity contribution in [2.75, 3.05) is 6.61 Å². The first-order valence-electron chi connectivity index (χ1n) is 6.78. The van der Waals surface area contributed by atoms with Crippen molar-refractivity contribution in [3.8, 4) is 6.07 Å². The molecule has 4 heteroatoms. The van der Waals surface area contributed by atoms with Gasteiger partial charge in [-0.2, -0.15) is 5.26 Å². The highest BCUT2D eigenvalue weighted by molar-refractivity contribution is 5.81. The summed E-state index contributed by atoms with van der Waals surface area (Å²) in [4.78, 5) is 11.9. The minimum absolute atomic E-state index is 0.0438. The van der Waals surface area contributed by atoms with Crippen LogP contribution in [-0.2, 0) is 9.53 Å². The quantitative estimate of drug-likeness (QED) is 0.788. The molecule has 1 fully saturated rings. The van der Waals surface area contributed by atoms with E-state index in [1.54, 1.807) is 0 Å². The smallest absolute Gasteiger partial charge is 0.237 e. The van der Waals surface area contributed by atoms with E-state index >= 15 is 0 Å². The van der Waals surface area contributed by atoms with Gasteiger partial charge in [-0.05, 0) is 19.8 Å². The Hall–Kier alpha value is -1.08. The Morgan fingerprint density at radius 1 is 1.56 bits per heavy atom. The normalized spacial score (nSPS) is 26.8. The molecule has 0 heterocycles. The minimum Gasteiger partial charge on any atom is -0.378 e. The van der Waals surface area contributed by atoms with Gasteiger partial charge >= 0.3 is 0 Å². The molecule has 0 aromatic rings. The van der Waals surface area contributed by atoms with Crippen molar-refractivity contribution in [2.24, 2.45) is 11.3 Å². The molecule has 1 saturated carbocycles. The highest BCUT2D eigenvalue weighted by Gasteiger charge is 2.49. The van der Waals surface area contributed by atoms with Crippen LogP contribution in [0.1, 0.15) is 47.0 Å². The van der Waals surface area contributed by atoms with Crippen LogP contribution in [0.3, 0.4) is 0 Å². The predicted octanol–water partition coefficient (Wildman–Crippen LogP) is 2.25. The van der Waals surface area contributed by atoms with E-state index in [1.165, 1.54) is 0 Å². The number of carbonyl (C=O) groups is 1. The van der Waals surface area contributed by atoms with Gasteiger partial charge in [0.1, 0.15) is 5.92 Å². The van der Waals surface area contributed by atoms with E-state index < -0.39 is 5.92 Å². The van der Waals surface area contributed by atoms with Crippen molar-refractivity contribution >= 4 is 5.91 Å². The van der Waals surface area contributed by atoms with Gasteiger partial charge in [-0.1, -0.05) is 27.2 Å². The molecule has 0 bridgehead atoms. The Bertz CT molecular complexity index is 333. The van der Waals surface area contributed by atoms with Gasteiger partial charge in [-0.3, -0.25) is 4.79 Å². The van der Waals surface area contributed by atoms with Gasteiger partial charge in [0.2, 0.25) is 5.91 Å². The van der Waals surface area contributed by atoms with Gasteiger partial charge < -0.3 is 10.1 Å². The van der Waals surface area contributed by atoms with Crippen molar-refractivity contribution in [2.45, 2.75) is 59.1 Å². The van der Waals surface area contributed by atoms with Crippen LogP contribution in [0.25, 0.3) is 0 Å². The topological polar surface area (TPSA) is 62.1 Å². The van der Waals surface area contributed by atoms with E-state index in [-0.39, 0.29) is 23.5 Å². The molecule has 1 rings (SSSR count). The predicted molar refractivity (Wildman–Crippen MR) is 69.8 cm³/mol. The van der Waals surface area contributed by atoms with Crippen LogP contribution >= 0.6 is 0 Å². The molecule has 1 aliphatic carbocycles. The largest absolute Gasteiger partial charge is 0.378 e. The number of hydrogen-bond acceptors (Lipinski definition) is 3. The van der Waals surface area contributed by atoms with Crippen LogP contribution < -0.4 is 5.32 Å². The molecule has 4 nitrogen and oxygen atoms in total. The zero-order chi connectivity index (χ0) is 13.8. The van der Waals surface area contributed by atoms with Crippen molar-refractivity contribution in [3.05, 3.63) is 0 Å². The average molecular weight is 252 g/mol. The molecule has 0 radical (unpaired) electrons. The molecular weight excluding hydrogens is 228 g/mol. The molecule has 18 heavy (non-hydrogen) atoms. The molecule has 1 aliphatic rings. The van der Waals surface area contributed by atoms with Gasteiger partial charge in [-0.25, -0.2) is 0 Å². The fraction of sp³-hybridized carbons (Fsp3) is 0.857. The lowest BCUT2D eigenvalue weighted by molar-refractivity contribution is -0.138. The lowest BCUT2D eigenvalue weighted by Crippen LogP contribution is -2.62. The number of ether oxygens (including phenoxy) is 1. The summed E-state index contributed by atoms with van der Waals surface area (Å²) in [5.74, 6) is -0.649. The van der Waals surface area contributed by atoms with Crippen LogP contribution in [0.15, 0.2) is 0 Å². The van der Waals surface area contributed by atoms with Gasteiger partial charge in [0.05, 0.1) is 12.2 Å². The molecule has 3 unspecified atom stereocenters. The van der Waals surface area contributed by atoms with Gasteiger partial charge in [0.15, 0.2) is 0 Å². The molecule has 0 aromatic heterocycles. The molecule has 1 N–H and O–H groups in total. The number of carbonyl (C=O) groups excluding carboxylic acids is 1. The number of nitrogens with zero attached hydrogens (tertiary/aromatic N) is 1. The van der Waals surface area contributed by atoms with Crippen molar-refractivity contribution in [1.29, 1.82) is 5.26 Å². The van der Waals surface area contributed by atoms with E-state index in [0.29, 0.717) is 13.0 Å². The third kappa shape index (κ3) is 3.02. The fourth-order valence-electron chi connectivity index (χ4n) is 2.43. The first-order valence-corrected chi connectivity index (χ1v) is 6.78. The third-order valence-corrected chi connectivity index (χ3v) is 3.91. The lowest BCUT2D eigenvalue weighted by atomic mass is 9.64. The summed E-state index contributed by atoms with van der Waals surface area (Å²) in [5, 5.41) is 12.0. The van der Waals surface area contributed by atoms with Crippen LogP contribution in [0, 0.1) is 22.7 Å². The maximum absolute atomic E-state index is 11.9. The van der Waals surface area contributed by atoms with E-state index in [9.17, 15) is 4.79 Å². The zero-order valence-electron chi connectivity index (χ0n) is 11.8. The van der Waals surface area contributed by atoms with E-state index in [2.05, 4.69) is 25.2 Å². The average Bonchev–Trinajstić information content (AvgIpc) is 2.34. The molecular formula is C14H24N2O2. The molecule has 3 atom stereocenters. The Balaban J connectivity index is 2.50. The highest BCUT2D eigenvalue weighted by Crippen LogP contribution is 2.42. The Labute approximate surface area is 110 Å². The van der Waals surface area contributed by atoms with E-state index in [0.717, 1.165) is 12.8 Å². The third-order valence-electron chi connectivity index (χ3n) is 3.91. The number of hydrogen-bond donors (Lipinski definition) is 1. The summed E-state index contributed by atoms with van der Waals surface area (Å²) >= 11 is 0. The monoisotopic (exact) mass is 252 g/mol. The van der Waals surface area contributed by atoms with Crippen LogP contribution in [0.4, 0.5) is 0 Å². The van der Waals surface area contributed by atoms with Crippen molar-refractivity contribution in [1.82, 2.24) is 5.32 Å². The second kappa shape index (κ2) is 6.19. The zero-order valence-corrected chi connectivity index (χ0v) is 11.8. The number of nitriles is 1. The van der Waals surface area contributed by atoms with E-state index in [1.807, 2.05) is 13.8 Å². The Morgan fingerprint density at radius 3 is 2.67 bits per heavy atom. The van der Waals surface area contributed by atoms with E-state index in [4.69, 9.17) is 10.00 Å². The summed E-state index contributed by atoms with van der Waals surface area (Å²) in [6, 6.07) is 2.20. The Kier molecular flexibility index (Phi) is 5.15. The van der Waals surface area contributed by atoms with Crippen molar-refractivity contribution in [3.63, 3.8) is 0 Å². The fourth-order valence-corrected chi connectivity index (χ4v) is 2.43. The summed E-state index contributed by atoms with van der Waals surface area (Å²) in [5.41, 5.74) is -0.0438. The second-order valence-corrected chi connectivity index (χ2v) is 5.53. The summed E-state index contributed by atoms with van der Waals surface area (Å²) < 4.78 is 5.62. The molecule has 0 aromatic carbocycles. The lowest BCUT2D eigenvalue weighted by Gasteiger charge is -2.51. The standard InChI is InChI=1S/C14H24N2O2/c1-5-7-10(9-15)13(17)16-11-8-12(18-6-2)14(11,3)4/h10-12H,5-8H2,1-4H3,(H,16,17). The second-order valence-electron chi connectivity index (χ2n) is 5.53. The van der Waals surface area contributed by atoms with Crippen molar-refractivity contribution < 1.29 is 9.53 Å². The first-order chi connectivity index (χ1) is 8.47. The molecule has 102 valence electrons. The minimum atomic E-state index is -0.517. The van der Waals surface area contributed by atoms with Crippen LogP contribution in [0.2, 0.25) is 0 Å². The first kappa shape index (κ1) is 15.0. The summed E-state index contributed by atoms with van der Waals surface area (Å²) in [6.45, 7) is 8.86. The number of amides is 1. The summed E-state index contributed by atoms with van der Waals surface area (Å²) in [7, 11) is 0. The van der Waals surface area contributed by atoms with Gasteiger partial charge in [-0.15, -0.1) is 0 Å². The Morgan fingerprint density at radius 2 is 2.22 bits per heavy atom. The molecule has 0 aliphatic heterocycles. The maximum Gasteiger partial charge on any atom is 0.237 e. The van der Waals surface area contributed by atoms with Crippen LogP contribution in [0.5, 0.6) is 0 Å². The number of nitrogens with one attached hydrogen (secondary N) is 1. The SMILES string of the molecule is CCCC(C#N)C(=O)NC1CC(OCC)C1(C)C. The van der Waals surface area contributed by atoms with Gasteiger partial charge in [0, 0.05) is 18.1 Å². The molecule has 0 spiro atoms. The van der Waals surface area contributed by atoms with Crippen LogP contribution in [-0.4, -0.2) is 24.7 Å². The highest BCUT2D eigenvalue weighted by atomic mass is 16.5. The number of rotatable bonds is 6. The molecule has 1 amide bonds. The van der Waals surface area contributed by atoms with Gasteiger partial charge in [0.25, 0.3) is 0 Å². The molecule has 0 saturated heterocycles.